The molecular weight excluding hydrogens is 323 g/mol. The van der Waals surface area contributed by atoms with Gasteiger partial charge in [-0.2, -0.15) is 17.5 Å². The third-order valence-electron chi connectivity index (χ3n) is 2.94. The van der Waals surface area contributed by atoms with Crippen LogP contribution in [0.2, 0.25) is 0 Å². The third kappa shape index (κ3) is 2.58. The first-order valence-electron chi connectivity index (χ1n) is 5.82. The van der Waals surface area contributed by atoms with E-state index < -0.39 is 11.7 Å². The average molecular weight is 331 g/mol. The van der Waals surface area contributed by atoms with Gasteiger partial charge in [-0.1, -0.05) is 0 Å². The van der Waals surface area contributed by atoms with Crippen molar-refractivity contribution in [1.29, 1.82) is 0 Å². The van der Waals surface area contributed by atoms with Gasteiger partial charge < -0.3 is 0 Å². The van der Waals surface area contributed by atoms with Crippen LogP contribution < -0.4 is 5.56 Å². The Morgan fingerprint density at radius 1 is 1.38 bits per heavy atom. The minimum atomic E-state index is -4.37. The van der Waals surface area contributed by atoms with Gasteiger partial charge in [-0.3, -0.25) is 9.36 Å². The monoisotopic (exact) mass is 331 g/mol. The summed E-state index contributed by atoms with van der Waals surface area (Å²) in [6.45, 7) is 1.77. The fraction of sp³-hybridized carbons (Fsp3) is 0.250. The zero-order chi connectivity index (χ0) is 15.2. The van der Waals surface area contributed by atoms with Crippen LogP contribution in [-0.2, 0) is 12.7 Å². The molecule has 0 fully saturated rings. The number of aryl methyl sites for hydroxylation is 1. The number of fused-ring (bicyclic) bond motifs is 1. The number of thiophene rings is 1. The van der Waals surface area contributed by atoms with Gasteiger partial charge in [-0.05, 0) is 24.5 Å². The van der Waals surface area contributed by atoms with Gasteiger partial charge in [0.15, 0.2) is 4.83 Å². The Morgan fingerprint density at radius 2 is 2.14 bits per heavy atom. The number of rotatable bonds is 2. The van der Waals surface area contributed by atoms with E-state index in [1.54, 1.807) is 6.92 Å². The first-order chi connectivity index (χ1) is 9.86. The fourth-order valence-corrected chi connectivity index (χ4v) is 3.53. The molecule has 0 radical (unpaired) electrons. The van der Waals surface area contributed by atoms with Gasteiger partial charge in [0.1, 0.15) is 0 Å². The van der Waals surface area contributed by atoms with Crippen molar-refractivity contribution < 1.29 is 13.2 Å². The number of hydrogen-bond acceptors (Lipinski definition) is 5. The number of hydrogen-bond donors (Lipinski definition) is 0. The van der Waals surface area contributed by atoms with Crippen LogP contribution in [0.1, 0.15) is 16.1 Å². The van der Waals surface area contributed by atoms with E-state index in [9.17, 15) is 18.0 Å². The smallest absolute Gasteiger partial charge is 0.293 e. The van der Waals surface area contributed by atoms with Crippen LogP contribution in [0.5, 0.6) is 0 Å². The van der Waals surface area contributed by atoms with Crippen molar-refractivity contribution in [2.45, 2.75) is 19.6 Å². The highest BCUT2D eigenvalue weighted by atomic mass is 32.1. The molecule has 21 heavy (non-hydrogen) atoms. The minimum Gasteiger partial charge on any atom is -0.293 e. The molecule has 9 heteroatoms. The quantitative estimate of drug-likeness (QED) is 0.724. The predicted molar refractivity (Wildman–Crippen MR) is 74.8 cm³/mol. The van der Waals surface area contributed by atoms with Gasteiger partial charge in [0.25, 0.3) is 5.56 Å². The molecule has 0 aliphatic carbocycles. The van der Waals surface area contributed by atoms with Crippen molar-refractivity contribution in [3.05, 3.63) is 44.3 Å². The van der Waals surface area contributed by atoms with Gasteiger partial charge in [-0.15, -0.1) is 11.3 Å². The predicted octanol–water partition coefficient (Wildman–Crippen LogP) is 3.29. The highest BCUT2D eigenvalue weighted by Crippen LogP contribution is 2.32. The molecule has 0 saturated heterocycles. The standard InChI is InChI=1S/C12H8F3N3OS2/c1-6-9-10(21-17-6)16-5-18(11(9)19)3-8-2-7(4-20-8)12(13,14)15/h2,4-5H,3H2,1H3. The van der Waals surface area contributed by atoms with Crippen LogP contribution in [0, 0.1) is 6.92 Å². The molecule has 3 heterocycles. The third-order valence-corrected chi connectivity index (χ3v) is 4.71. The molecule has 0 aromatic carbocycles. The molecule has 0 amide bonds. The lowest BCUT2D eigenvalue weighted by Gasteiger charge is -2.03. The van der Waals surface area contributed by atoms with Crippen molar-refractivity contribution in [3.63, 3.8) is 0 Å². The molecule has 0 unspecified atom stereocenters. The molecule has 110 valence electrons. The summed E-state index contributed by atoms with van der Waals surface area (Å²) in [5, 5.41) is 1.47. The lowest BCUT2D eigenvalue weighted by molar-refractivity contribution is -0.137. The summed E-state index contributed by atoms with van der Waals surface area (Å²) in [6.07, 6.45) is -3.02. The zero-order valence-corrected chi connectivity index (χ0v) is 12.3. The summed E-state index contributed by atoms with van der Waals surface area (Å²) in [5.74, 6) is 0. The lowest BCUT2D eigenvalue weighted by Crippen LogP contribution is -2.20. The van der Waals surface area contributed by atoms with E-state index in [1.165, 1.54) is 10.9 Å². The van der Waals surface area contributed by atoms with Gasteiger partial charge in [-0.25, -0.2) is 4.98 Å². The maximum atomic E-state index is 12.6. The van der Waals surface area contributed by atoms with E-state index in [0.717, 1.165) is 34.3 Å². The molecular formula is C12H8F3N3OS2. The van der Waals surface area contributed by atoms with Crippen LogP contribution in [0.4, 0.5) is 13.2 Å². The van der Waals surface area contributed by atoms with E-state index in [0.29, 0.717) is 20.8 Å². The summed E-state index contributed by atoms with van der Waals surface area (Å²) >= 11 is 2.10. The molecule has 0 spiro atoms. The molecule has 3 aromatic heterocycles. The van der Waals surface area contributed by atoms with Gasteiger partial charge >= 0.3 is 6.18 Å². The molecule has 3 aromatic rings. The minimum absolute atomic E-state index is 0.0673. The Hall–Kier alpha value is -1.74. The molecule has 3 rings (SSSR count). The zero-order valence-electron chi connectivity index (χ0n) is 10.6. The Labute approximate surface area is 124 Å². The van der Waals surface area contributed by atoms with Crippen LogP contribution >= 0.6 is 22.9 Å². The topological polar surface area (TPSA) is 47.8 Å². The largest absolute Gasteiger partial charge is 0.417 e. The molecule has 0 atom stereocenters. The highest BCUT2D eigenvalue weighted by molar-refractivity contribution is 7.12. The van der Waals surface area contributed by atoms with E-state index in [1.807, 2.05) is 0 Å². The summed E-state index contributed by atoms with van der Waals surface area (Å²) < 4.78 is 43.0. The maximum absolute atomic E-state index is 12.6. The summed E-state index contributed by atoms with van der Waals surface area (Å²) in [7, 11) is 0. The fourth-order valence-electron chi connectivity index (χ4n) is 1.90. The van der Waals surface area contributed by atoms with Crippen molar-refractivity contribution in [3.8, 4) is 0 Å². The van der Waals surface area contributed by atoms with Crippen LogP contribution in [0.15, 0.2) is 22.6 Å². The molecule has 0 aliphatic heterocycles. The van der Waals surface area contributed by atoms with Gasteiger partial charge in [0.2, 0.25) is 0 Å². The lowest BCUT2D eigenvalue weighted by atomic mass is 10.3. The molecule has 0 aliphatic rings. The van der Waals surface area contributed by atoms with Crippen molar-refractivity contribution >= 4 is 33.1 Å². The number of aromatic nitrogens is 3. The van der Waals surface area contributed by atoms with Crippen LogP contribution in [0.25, 0.3) is 10.2 Å². The van der Waals surface area contributed by atoms with Crippen molar-refractivity contribution in [2.75, 3.05) is 0 Å². The maximum Gasteiger partial charge on any atom is 0.417 e. The van der Waals surface area contributed by atoms with Gasteiger partial charge in [0.05, 0.1) is 29.5 Å². The van der Waals surface area contributed by atoms with E-state index in [-0.39, 0.29) is 12.1 Å². The summed E-state index contributed by atoms with van der Waals surface area (Å²) in [5.41, 5.74) is -0.393. The highest BCUT2D eigenvalue weighted by Gasteiger charge is 2.31. The van der Waals surface area contributed by atoms with E-state index in [4.69, 9.17) is 0 Å². The molecule has 0 bridgehead atoms. The van der Waals surface area contributed by atoms with Gasteiger partial charge in [0, 0.05) is 10.3 Å². The molecule has 4 nitrogen and oxygen atoms in total. The normalized spacial score (nSPS) is 12.2. The SMILES string of the molecule is Cc1nsc2ncn(Cc3cc(C(F)(F)F)cs3)c(=O)c12. The summed E-state index contributed by atoms with van der Waals surface area (Å²) in [4.78, 5) is 17.4. The Morgan fingerprint density at radius 3 is 2.81 bits per heavy atom. The molecule has 0 N–H and O–H groups in total. The van der Waals surface area contributed by atoms with Crippen molar-refractivity contribution in [1.82, 2.24) is 13.9 Å². The van der Waals surface area contributed by atoms with E-state index >= 15 is 0 Å². The number of halogens is 3. The second-order valence-corrected chi connectivity index (χ2v) is 6.17. The first-order valence-corrected chi connectivity index (χ1v) is 7.47. The number of alkyl halides is 3. The Balaban J connectivity index is 1.99. The van der Waals surface area contributed by atoms with E-state index in [2.05, 4.69) is 9.36 Å². The second-order valence-electron chi connectivity index (χ2n) is 4.43. The average Bonchev–Trinajstić information content (AvgIpc) is 3.00. The first kappa shape index (κ1) is 14.2. The van der Waals surface area contributed by atoms with Crippen molar-refractivity contribution in [2.24, 2.45) is 0 Å². The second kappa shape index (κ2) is 4.92. The Kier molecular flexibility index (Phi) is 3.33. The molecule has 0 saturated carbocycles. The van der Waals surface area contributed by atoms with Crippen LogP contribution in [0.3, 0.4) is 0 Å². The van der Waals surface area contributed by atoms with Crippen LogP contribution in [-0.4, -0.2) is 13.9 Å². The Bertz CT molecular complexity index is 863. The summed E-state index contributed by atoms with van der Waals surface area (Å²) in [6, 6.07) is 1.06. The number of nitrogens with zero attached hydrogens (tertiary/aromatic N) is 3.